The predicted octanol–water partition coefficient (Wildman–Crippen LogP) is 4.92. The molecule has 0 N–H and O–H groups in total. The Balaban J connectivity index is 2.24. The van der Waals surface area contributed by atoms with E-state index in [1.165, 1.54) is 18.2 Å². The molecule has 0 bridgehead atoms. The van der Waals surface area contributed by atoms with E-state index in [9.17, 15) is 22.4 Å². The molecule has 0 unspecified atom stereocenters. The van der Waals surface area contributed by atoms with E-state index in [-0.39, 0.29) is 22.6 Å². The maximum Gasteiger partial charge on any atom is 0.416 e. The first-order valence-corrected chi connectivity index (χ1v) is 6.29. The molecule has 1 nitrogen and oxygen atoms in total. The standard InChI is InChI=1S/C15H9ClF4O/c16-13-8-11(17)4-5-12(13)14(21)7-9-2-1-3-10(6-9)15(18,19)20/h1-6,8H,7H2. The second kappa shape index (κ2) is 5.85. The van der Waals surface area contributed by atoms with Crippen LogP contribution in [0.3, 0.4) is 0 Å². The van der Waals surface area contributed by atoms with E-state index in [2.05, 4.69) is 0 Å². The number of carbonyl (C=O) groups excluding carboxylic acids is 1. The molecule has 0 amide bonds. The van der Waals surface area contributed by atoms with Crippen LogP contribution in [0.4, 0.5) is 17.6 Å². The van der Waals surface area contributed by atoms with Crippen LogP contribution in [-0.2, 0) is 12.6 Å². The number of benzene rings is 2. The van der Waals surface area contributed by atoms with Crippen LogP contribution < -0.4 is 0 Å². The summed E-state index contributed by atoms with van der Waals surface area (Å²) in [6.07, 6.45) is -4.71. The van der Waals surface area contributed by atoms with Crippen molar-refractivity contribution in [1.82, 2.24) is 0 Å². The van der Waals surface area contributed by atoms with Crippen LogP contribution in [0.2, 0.25) is 5.02 Å². The number of hydrogen-bond donors (Lipinski definition) is 0. The lowest BCUT2D eigenvalue weighted by Crippen LogP contribution is -2.08. The van der Waals surface area contributed by atoms with Gasteiger partial charge in [-0.1, -0.05) is 29.8 Å². The van der Waals surface area contributed by atoms with Crippen LogP contribution in [-0.4, -0.2) is 5.78 Å². The summed E-state index contributed by atoms with van der Waals surface area (Å²) in [5, 5.41) is -0.0630. The average molecular weight is 317 g/mol. The fraction of sp³-hybridized carbons (Fsp3) is 0.133. The third-order valence-corrected chi connectivity index (χ3v) is 3.16. The van der Waals surface area contributed by atoms with Gasteiger partial charge < -0.3 is 0 Å². The summed E-state index contributed by atoms with van der Waals surface area (Å²) in [6.45, 7) is 0. The molecular formula is C15H9ClF4O. The first kappa shape index (κ1) is 15.5. The molecule has 2 aromatic rings. The van der Waals surface area contributed by atoms with Crippen molar-refractivity contribution in [1.29, 1.82) is 0 Å². The minimum Gasteiger partial charge on any atom is -0.294 e. The van der Waals surface area contributed by atoms with E-state index in [1.807, 2.05) is 0 Å². The fourth-order valence-corrected chi connectivity index (χ4v) is 2.13. The molecule has 21 heavy (non-hydrogen) atoms. The topological polar surface area (TPSA) is 17.1 Å². The maximum atomic E-state index is 12.9. The van der Waals surface area contributed by atoms with E-state index >= 15 is 0 Å². The van der Waals surface area contributed by atoms with Gasteiger partial charge in [0.25, 0.3) is 0 Å². The minimum absolute atomic E-state index is 0.0630. The number of ketones is 1. The molecule has 0 saturated carbocycles. The Morgan fingerprint density at radius 3 is 2.43 bits per heavy atom. The average Bonchev–Trinajstić information content (AvgIpc) is 2.37. The van der Waals surface area contributed by atoms with E-state index in [4.69, 9.17) is 11.6 Å². The minimum atomic E-state index is -4.47. The van der Waals surface area contributed by atoms with E-state index in [0.717, 1.165) is 24.3 Å². The van der Waals surface area contributed by atoms with Crippen molar-refractivity contribution in [2.75, 3.05) is 0 Å². The summed E-state index contributed by atoms with van der Waals surface area (Å²) < 4.78 is 50.7. The van der Waals surface area contributed by atoms with Crippen LogP contribution in [0.5, 0.6) is 0 Å². The Hall–Kier alpha value is -1.88. The molecule has 0 aromatic heterocycles. The van der Waals surface area contributed by atoms with Crippen LogP contribution in [0.25, 0.3) is 0 Å². The van der Waals surface area contributed by atoms with Crippen molar-refractivity contribution in [2.24, 2.45) is 0 Å². The largest absolute Gasteiger partial charge is 0.416 e. The van der Waals surface area contributed by atoms with Gasteiger partial charge in [-0.15, -0.1) is 0 Å². The summed E-state index contributed by atoms with van der Waals surface area (Å²) in [5.41, 5.74) is -0.524. The Morgan fingerprint density at radius 1 is 1.10 bits per heavy atom. The van der Waals surface area contributed by atoms with Crippen LogP contribution in [0.1, 0.15) is 21.5 Å². The smallest absolute Gasteiger partial charge is 0.294 e. The van der Waals surface area contributed by atoms with E-state index in [0.29, 0.717) is 0 Å². The third-order valence-electron chi connectivity index (χ3n) is 2.85. The number of carbonyl (C=O) groups is 1. The molecule has 0 aliphatic heterocycles. The number of Topliss-reactive ketones (excluding diaryl/α,β-unsaturated/α-hetero) is 1. The molecule has 2 rings (SSSR count). The van der Waals surface area contributed by atoms with Crippen LogP contribution in [0, 0.1) is 5.82 Å². The van der Waals surface area contributed by atoms with Gasteiger partial charge in [-0.05, 0) is 29.8 Å². The molecular weight excluding hydrogens is 308 g/mol. The fourth-order valence-electron chi connectivity index (χ4n) is 1.85. The van der Waals surface area contributed by atoms with Gasteiger partial charge >= 0.3 is 6.18 Å². The van der Waals surface area contributed by atoms with Gasteiger partial charge in [0.05, 0.1) is 10.6 Å². The lowest BCUT2D eigenvalue weighted by Gasteiger charge is -2.09. The number of hydrogen-bond acceptors (Lipinski definition) is 1. The van der Waals surface area contributed by atoms with Crippen LogP contribution in [0.15, 0.2) is 42.5 Å². The molecule has 2 aromatic carbocycles. The lowest BCUT2D eigenvalue weighted by molar-refractivity contribution is -0.137. The van der Waals surface area contributed by atoms with Gasteiger partial charge in [0.2, 0.25) is 0 Å². The Morgan fingerprint density at radius 2 is 1.81 bits per heavy atom. The normalized spacial score (nSPS) is 11.5. The molecule has 0 atom stereocenters. The van der Waals surface area contributed by atoms with Crippen LogP contribution >= 0.6 is 11.6 Å². The molecule has 6 heteroatoms. The number of rotatable bonds is 3. The Bertz CT molecular complexity index is 680. The monoisotopic (exact) mass is 316 g/mol. The zero-order valence-corrected chi connectivity index (χ0v) is 11.3. The summed E-state index contributed by atoms with van der Waals surface area (Å²) in [7, 11) is 0. The molecule has 0 heterocycles. The van der Waals surface area contributed by atoms with Crippen molar-refractivity contribution in [3.05, 3.63) is 70.0 Å². The van der Waals surface area contributed by atoms with Gasteiger partial charge in [-0.3, -0.25) is 4.79 Å². The summed E-state index contributed by atoms with van der Waals surface area (Å²) in [6, 6.07) is 7.77. The number of alkyl halides is 3. The van der Waals surface area contributed by atoms with Gasteiger partial charge in [0.1, 0.15) is 5.82 Å². The Labute approximate surface area is 123 Å². The van der Waals surface area contributed by atoms with Crippen molar-refractivity contribution >= 4 is 17.4 Å². The van der Waals surface area contributed by atoms with Crippen molar-refractivity contribution in [2.45, 2.75) is 12.6 Å². The van der Waals surface area contributed by atoms with Crippen molar-refractivity contribution < 1.29 is 22.4 Å². The summed E-state index contributed by atoms with van der Waals surface area (Å²) >= 11 is 5.75. The van der Waals surface area contributed by atoms with Gasteiger partial charge in [-0.2, -0.15) is 13.2 Å². The molecule has 0 aliphatic carbocycles. The van der Waals surface area contributed by atoms with Crippen molar-refractivity contribution in [3.63, 3.8) is 0 Å². The highest BCUT2D eigenvalue weighted by atomic mass is 35.5. The second-order valence-corrected chi connectivity index (χ2v) is 4.83. The predicted molar refractivity (Wildman–Crippen MR) is 70.9 cm³/mol. The first-order chi connectivity index (χ1) is 9.77. The van der Waals surface area contributed by atoms with E-state index in [1.54, 1.807) is 0 Å². The molecule has 0 radical (unpaired) electrons. The molecule has 0 fully saturated rings. The molecule has 0 spiro atoms. The van der Waals surface area contributed by atoms with Crippen molar-refractivity contribution in [3.8, 4) is 0 Å². The summed E-state index contributed by atoms with van der Waals surface area (Å²) in [5.74, 6) is -1.06. The van der Waals surface area contributed by atoms with Gasteiger partial charge in [0.15, 0.2) is 5.78 Å². The highest BCUT2D eigenvalue weighted by molar-refractivity contribution is 6.34. The Kier molecular flexibility index (Phi) is 4.32. The number of halogens is 5. The molecule has 0 aliphatic rings. The first-order valence-electron chi connectivity index (χ1n) is 5.92. The maximum absolute atomic E-state index is 12.9. The van der Waals surface area contributed by atoms with Gasteiger partial charge in [0, 0.05) is 12.0 Å². The molecule has 110 valence electrons. The van der Waals surface area contributed by atoms with Gasteiger partial charge in [-0.25, -0.2) is 4.39 Å². The zero-order chi connectivity index (χ0) is 15.6. The zero-order valence-electron chi connectivity index (χ0n) is 10.5. The highest BCUT2D eigenvalue weighted by Crippen LogP contribution is 2.30. The highest BCUT2D eigenvalue weighted by Gasteiger charge is 2.30. The quantitative estimate of drug-likeness (QED) is 0.580. The summed E-state index contributed by atoms with van der Waals surface area (Å²) in [4.78, 5) is 12.0. The second-order valence-electron chi connectivity index (χ2n) is 4.42. The third kappa shape index (κ3) is 3.82. The SMILES string of the molecule is O=C(Cc1cccc(C(F)(F)F)c1)c1ccc(F)cc1Cl. The molecule has 0 saturated heterocycles. The van der Waals surface area contributed by atoms with E-state index < -0.39 is 23.3 Å². The lowest BCUT2D eigenvalue weighted by atomic mass is 10.0.